The Balaban J connectivity index is 0.000000184. The number of hydrogen-bond donors (Lipinski definition) is 2. The van der Waals surface area contributed by atoms with Crippen LogP contribution >= 0.6 is 0 Å². The van der Waals surface area contributed by atoms with Crippen LogP contribution in [0.1, 0.15) is 64.1 Å². The summed E-state index contributed by atoms with van der Waals surface area (Å²) in [5.74, 6) is -1.76. The largest absolute Gasteiger partial charge is 0.478 e. The first kappa shape index (κ1) is 31.3. The first-order valence-corrected chi connectivity index (χ1v) is 23.0. The van der Waals surface area contributed by atoms with Crippen LogP contribution in [0.4, 0.5) is 0 Å². The molecule has 212 valence electrons. The predicted octanol–water partition coefficient (Wildman–Crippen LogP) is 8.94. The van der Waals surface area contributed by atoms with E-state index in [0.29, 0.717) is 11.1 Å². The van der Waals surface area contributed by atoms with Gasteiger partial charge in [-0.1, -0.05) is 36.4 Å². The second-order valence-electron chi connectivity index (χ2n) is 10.7. The Morgan fingerprint density at radius 3 is 1.21 bits per heavy atom. The van der Waals surface area contributed by atoms with Crippen molar-refractivity contribution in [3.63, 3.8) is 0 Å². The summed E-state index contributed by atoms with van der Waals surface area (Å²) >= 11 is -1.76. The third kappa shape index (κ3) is 7.42. The first-order valence-electron chi connectivity index (χ1n) is 14.0. The zero-order valence-corrected chi connectivity index (χ0v) is 27.9. The fourth-order valence-corrected chi connectivity index (χ4v) is 26.5. The molecule has 0 spiro atoms. The number of rotatable bonds is 4. The Morgan fingerprint density at radius 1 is 0.571 bits per heavy atom. The van der Waals surface area contributed by atoms with Gasteiger partial charge in [-0.25, -0.2) is 9.59 Å². The van der Waals surface area contributed by atoms with Gasteiger partial charge in [0, 0.05) is 0 Å². The molecule has 0 heterocycles. The molecule has 0 amide bonds. The molecule has 42 heavy (non-hydrogen) atoms. The molecule has 2 atom stereocenters. The van der Waals surface area contributed by atoms with Gasteiger partial charge >= 0.3 is 166 Å². The van der Waals surface area contributed by atoms with Crippen LogP contribution in [-0.4, -0.2) is 27.6 Å². The van der Waals surface area contributed by atoms with Gasteiger partial charge in [0.1, 0.15) is 0 Å². The van der Waals surface area contributed by atoms with Crippen LogP contribution in [0.5, 0.6) is 0 Å². The van der Waals surface area contributed by atoms with Crippen molar-refractivity contribution in [1.29, 1.82) is 0 Å². The monoisotopic (exact) mass is 650 g/mol. The molecule has 2 aliphatic rings. The molecule has 6 heteroatoms. The molecule has 6 rings (SSSR count). The van der Waals surface area contributed by atoms with Crippen LogP contribution < -0.4 is 0 Å². The second kappa shape index (κ2) is 14.5. The Hall–Kier alpha value is -3.60. The number of carbonyl (C=O) groups is 2. The van der Waals surface area contributed by atoms with E-state index < -0.39 is 32.3 Å². The van der Waals surface area contributed by atoms with Crippen LogP contribution in [0, 0.1) is 0 Å². The molecule has 2 unspecified atom stereocenters. The van der Waals surface area contributed by atoms with Crippen molar-refractivity contribution < 1.29 is 40.2 Å². The van der Waals surface area contributed by atoms with Gasteiger partial charge in [0.25, 0.3) is 0 Å². The summed E-state index contributed by atoms with van der Waals surface area (Å²) in [6, 6.07) is 34.9. The Labute approximate surface area is 256 Å². The first-order chi connectivity index (χ1) is 20.2. The van der Waals surface area contributed by atoms with E-state index >= 15 is 0 Å². The summed E-state index contributed by atoms with van der Waals surface area (Å²) in [5.41, 5.74) is 9.88. The summed E-state index contributed by atoms with van der Waals surface area (Å²) in [7, 11) is 0. The van der Waals surface area contributed by atoms with E-state index in [0.717, 1.165) is 7.25 Å². The van der Waals surface area contributed by atoms with E-state index in [1.807, 2.05) is 0 Å². The van der Waals surface area contributed by atoms with Gasteiger partial charge in [0.05, 0.1) is 11.1 Å². The maximum Gasteiger partial charge on any atom is 0.335 e. The maximum atomic E-state index is 10.2. The fourth-order valence-electron chi connectivity index (χ4n) is 5.69. The van der Waals surface area contributed by atoms with Crippen molar-refractivity contribution in [2.45, 2.75) is 34.2 Å². The van der Waals surface area contributed by atoms with E-state index in [9.17, 15) is 9.59 Å². The average Bonchev–Trinajstić information content (AvgIpc) is 3.50. The molecule has 0 saturated heterocycles. The Kier molecular flexibility index (Phi) is 10.8. The zero-order valence-electron chi connectivity index (χ0n) is 24.4. The van der Waals surface area contributed by atoms with E-state index in [2.05, 4.69) is 87.6 Å². The summed E-state index contributed by atoms with van der Waals surface area (Å²) in [4.78, 5) is 20.4. The van der Waals surface area contributed by atoms with Crippen LogP contribution in [0.15, 0.2) is 120 Å². The minimum absolute atomic E-state index is 0.272. The Bertz CT molecular complexity index is 1550. The van der Waals surface area contributed by atoms with Crippen molar-refractivity contribution in [2.24, 2.45) is 0 Å². The fraction of sp³-hybridized carbons (Fsp3) is 0.167. The molecular formula is C36H36O4SiZr. The third-order valence-corrected chi connectivity index (χ3v) is 27.4. The number of hydrogen-bond acceptors (Lipinski definition) is 2. The molecule has 4 aromatic rings. The smallest absolute Gasteiger partial charge is 0.335 e. The van der Waals surface area contributed by atoms with Gasteiger partial charge in [-0.2, -0.15) is 0 Å². The van der Waals surface area contributed by atoms with Crippen molar-refractivity contribution in [2.75, 3.05) is 0 Å². The van der Waals surface area contributed by atoms with Gasteiger partial charge < -0.3 is 10.2 Å². The molecule has 0 saturated carbocycles. The summed E-state index contributed by atoms with van der Waals surface area (Å²) in [6.45, 7) is 9.94. The topological polar surface area (TPSA) is 74.6 Å². The molecule has 0 fully saturated rings. The molecule has 2 N–H and O–H groups in total. The number of allylic oxidation sites excluding steroid dienone is 2. The molecule has 2 aliphatic carbocycles. The van der Waals surface area contributed by atoms with E-state index in [1.165, 1.54) is 11.1 Å². The Morgan fingerprint density at radius 2 is 0.905 bits per heavy atom. The summed E-state index contributed by atoms with van der Waals surface area (Å²) in [6.07, 6.45) is 4.93. The van der Waals surface area contributed by atoms with Crippen molar-refractivity contribution >= 4 is 29.5 Å². The quantitative estimate of drug-likeness (QED) is 0.216. The van der Waals surface area contributed by atoms with Gasteiger partial charge in [-0.05, 0) is 24.3 Å². The zero-order chi connectivity index (χ0) is 30.2. The van der Waals surface area contributed by atoms with Gasteiger partial charge in [-0.15, -0.1) is 0 Å². The molecule has 4 aromatic carbocycles. The standard InChI is InChI=1S/2C10H9.2C7H6O2.C2H6Si.Zr/c2*1-8-6-9-4-2-3-5-10(9)7-8;2*8-7(9)6-4-2-1-3-5-6;1-3-2;/h2*2-7H,1H3;2*1-5H,(H,8,9);1-2H3;. The van der Waals surface area contributed by atoms with Crippen LogP contribution in [0.25, 0.3) is 12.2 Å². The van der Waals surface area contributed by atoms with Crippen LogP contribution in [0.2, 0.25) is 13.1 Å². The third-order valence-electron chi connectivity index (χ3n) is 7.53. The maximum absolute atomic E-state index is 10.2. The average molecular weight is 652 g/mol. The van der Waals surface area contributed by atoms with Gasteiger partial charge in [0.15, 0.2) is 0 Å². The van der Waals surface area contributed by atoms with Crippen LogP contribution in [-0.2, 0) is 20.4 Å². The van der Waals surface area contributed by atoms with E-state index in [4.69, 9.17) is 10.2 Å². The normalized spacial score (nSPS) is 15.8. The number of carboxylic acid groups (broad SMARTS) is 2. The summed E-state index contributed by atoms with van der Waals surface area (Å²) < 4.78 is 1.54. The molecule has 0 bridgehead atoms. The molecule has 0 aliphatic heterocycles. The number of benzene rings is 4. The summed E-state index contributed by atoms with van der Waals surface area (Å²) in [5, 5.41) is 16.8. The van der Waals surface area contributed by atoms with Crippen LogP contribution in [0.3, 0.4) is 0 Å². The number of aromatic carboxylic acids is 2. The van der Waals surface area contributed by atoms with Crippen molar-refractivity contribution in [3.8, 4) is 0 Å². The van der Waals surface area contributed by atoms with Crippen molar-refractivity contribution in [3.05, 3.63) is 154 Å². The molecule has 0 aromatic heterocycles. The van der Waals surface area contributed by atoms with Gasteiger partial charge in [0.2, 0.25) is 0 Å². The van der Waals surface area contributed by atoms with E-state index in [-0.39, 0.29) is 5.43 Å². The molecular weight excluding hydrogens is 616 g/mol. The SMILES string of the molecule is CC1=Cc2ccccc2[CH]1[Zr]([CH]1C(C)=Cc2ccccc21)=[Si](C)C.O=C(O)c1ccccc1.O=C(O)c1ccccc1. The minimum atomic E-state index is -1.76. The number of fused-ring (bicyclic) bond motifs is 2. The minimum Gasteiger partial charge on any atom is -0.478 e. The second-order valence-corrected chi connectivity index (χ2v) is 28.6. The predicted molar refractivity (Wildman–Crippen MR) is 170 cm³/mol. The number of carboxylic acids is 2. The molecule has 0 radical (unpaired) electrons. The van der Waals surface area contributed by atoms with Gasteiger partial charge in [-0.3, -0.25) is 0 Å². The van der Waals surface area contributed by atoms with E-state index in [1.54, 1.807) is 82.9 Å². The molecule has 4 nitrogen and oxygen atoms in total. The van der Waals surface area contributed by atoms with Crippen molar-refractivity contribution in [1.82, 2.24) is 0 Å².